The summed E-state index contributed by atoms with van der Waals surface area (Å²) in [5.74, 6) is 0.702. The molecule has 1 saturated carbocycles. The monoisotopic (exact) mass is 269 g/mol. The predicted molar refractivity (Wildman–Crippen MR) is 71.0 cm³/mol. The van der Waals surface area contributed by atoms with Gasteiger partial charge in [0.2, 0.25) is 10.0 Å². The maximum absolute atomic E-state index is 12.0. The van der Waals surface area contributed by atoms with E-state index in [-0.39, 0.29) is 10.4 Å². The van der Waals surface area contributed by atoms with Crippen LogP contribution < -0.4 is 10.0 Å². The third-order valence-electron chi connectivity index (χ3n) is 2.98. The van der Waals surface area contributed by atoms with E-state index in [1.807, 2.05) is 6.92 Å². The largest absolute Gasteiger partial charge is 0.370 e. The van der Waals surface area contributed by atoms with Gasteiger partial charge >= 0.3 is 0 Å². The number of nitrogens with one attached hydrogen (secondary N) is 2. The lowest BCUT2D eigenvalue weighted by Crippen LogP contribution is -2.34. The average Bonchev–Trinajstić information content (AvgIpc) is 3.03. The Balaban J connectivity index is 2.08. The van der Waals surface area contributed by atoms with E-state index in [1.165, 1.54) is 6.20 Å². The van der Waals surface area contributed by atoms with Crippen molar-refractivity contribution < 1.29 is 8.42 Å². The van der Waals surface area contributed by atoms with Gasteiger partial charge in [0.1, 0.15) is 10.7 Å². The minimum Gasteiger partial charge on any atom is -0.370 e. The van der Waals surface area contributed by atoms with Gasteiger partial charge in [0.25, 0.3) is 0 Å². The highest BCUT2D eigenvalue weighted by molar-refractivity contribution is 7.89. The van der Waals surface area contributed by atoms with Crippen molar-refractivity contribution in [3.05, 3.63) is 18.3 Å². The number of anilines is 1. The molecule has 0 saturated heterocycles. The number of aromatic nitrogens is 1. The molecular weight excluding hydrogens is 250 g/mol. The zero-order chi connectivity index (χ0) is 13.2. The Labute approximate surface area is 108 Å². The van der Waals surface area contributed by atoms with Crippen LogP contribution in [0.1, 0.15) is 33.1 Å². The average molecular weight is 269 g/mol. The summed E-state index contributed by atoms with van der Waals surface area (Å²) in [6, 6.07) is 3.28. The molecule has 1 fully saturated rings. The van der Waals surface area contributed by atoms with Crippen molar-refractivity contribution in [2.24, 2.45) is 0 Å². The first kappa shape index (κ1) is 13.3. The molecule has 100 valence electrons. The molecule has 0 amide bonds. The molecule has 0 atom stereocenters. The quantitative estimate of drug-likeness (QED) is 0.825. The standard InChI is InChI=1S/C12H19N3O2S/c1-3-8-13-11-5-4-10(9-14-11)18(16,17)15-12(2)6-7-12/h4-5,9,15H,3,6-8H2,1-2H3,(H,13,14). The smallest absolute Gasteiger partial charge is 0.242 e. The van der Waals surface area contributed by atoms with Crippen molar-refractivity contribution in [2.45, 2.75) is 43.5 Å². The molecule has 0 aromatic carbocycles. The number of hydrogen-bond acceptors (Lipinski definition) is 4. The summed E-state index contributed by atoms with van der Waals surface area (Å²) in [5, 5.41) is 3.11. The van der Waals surface area contributed by atoms with Crippen LogP contribution in [0.4, 0.5) is 5.82 Å². The molecule has 18 heavy (non-hydrogen) atoms. The second kappa shape index (κ2) is 4.85. The van der Waals surface area contributed by atoms with Gasteiger partial charge < -0.3 is 5.32 Å². The summed E-state index contributed by atoms with van der Waals surface area (Å²) in [6.07, 6.45) is 4.19. The Morgan fingerprint density at radius 1 is 1.39 bits per heavy atom. The van der Waals surface area contributed by atoms with Gasteiger partial charge in [-0.05, 0) is 38.3 Å². The van der Waals surface area contributed by atoms with E-state index in [4.69, 9.17) is 0 Å². The maximum atomic E-state index is 12.0. The molecule has 0 bridgehead atoms. The SMILES string of the molecule is CCCNc1ccc(S(=O)(=O)NC2(C)CC2)cn1. The van der Waals surface area contributed by atoms with Crippen LogP contribution in [0.5, 0.6) is 0 Å². The first-order valence-electron chi connectivity index (χ1n) is 6.19. The summed E-state index contributed by atoms with van der Waals surface area (Å²) < 4.78 is 26.8. The van der Waals surface area contributed by atoms with Crippen LogP contribution in [0.25, 0.3) is 0 Å². The normalized spacial score (nSPS) is 17.4. The molecule has 1 aliphatic carbocycles. The molecule has 0 radical (unpaired) electrons. The van der Waals surface area contributed by atoms with E-state index in [2.05, 4.69) is 21.9 Å². The van der Waals surface area contributed by atoms with E-state index in [0.29, 0.717) is 5.82 Å². The van der Waals surface area contributed by atoms with Gasteiger partial charge in [-0.3, -0.25) is 0 Å². The van der Waals surface area contributed by atoms with E-state index in [0.717, 1.165) is 25.8 Å². The summed E-state index contributed by atoms with van der Waals surface area (Å²) in [5.41, 5.74) is -0.252. The van der Waals surface area contributed by atoms with Crippen molar-refractivity contribution in [3.63, 3.8) is 0 Å². The number of sulfonamides is 1. The number of hydrogen-bond donors (Lipinski definition) is 2. The van der Waals surface area contributed by atoms with Gasteiger partial charge in [0, 0.05) is 18.3 Å². The molecule has 1 aromatic rings. The van der Waals surface area contributed by atoms with E-state index in [1.54, 1.807) is 12.1 Å². The Hall–Kier alpha value is -1.14. The second-order valence-corrected chi connectivity index (χ2v) is 6.65. The zero-order valence-corrected chi connectivity index (χ0v) is 11.5. The summed E-state index contributed by atoms with van der Waals surface area (Å²) in [4.78, 5) is 4.32. The first-order valence-corrected chi connectivity index (χ1v) is 7.67. The molecule has 0 aliphatic heterocycles. The minimum absolute atomic E-state index is 0.220. The van der Waals surface area contributed by atoms with Crippen molar-refractivity contribution in [1.82, 2.24) is 9.71 Å². The second-order valence-electron chi connectivity index (χ2n) is 4.97. The fourth-order valence-electron chi connectivity index (χ4n) is 1.57. The third-order valence-corrected chi connectivity index (χ3v) is 4.61. The van der Waals surface area contributed by atoms with Gasteiger partial charge in [0.05, 0.1) is 0 Å². The molecule has 1 aliphatic rings. The highest BCUT2D eigenvalue weighted by Crippen LogP contribution is 2.35. The van der Waals surface area contributed by atoms with E-state index >= 15 is 0 Å². The molecule has 1 aromatic heterocycles. The van der Waals surface area contributed by atoms with Crippen molar-refractivity contribution in [1.29, 1.82) is 0 Å². The fourth-order valence-corrected chi connectivity index (χ4v) is 2.98. The van der Waals surface area contributed by atoms with Gasteiger partial charge in [0.15, 0.2) is 0 Å². The Kier molecular flexibility index (Phi) is 3.59. The zero-order valence-electron chi connectivity index (χ0n) is 10.7. The Morgan fingerprint density at radius 2 is 2.11 bits per heavy atom. The van der Waals surface area contributed by atoms with E-state index < -0.39 is 10.0 Å². The van der Waals surface area contributed by atoms with Crippen molar-refractivity contribution in [2.75, 3.05) is 11.9 Å². The topological polar surface area (TPSA) is 71.1 Å². The maximum Gasteiger partial charge on any atom is 0.242 e. The summed E-state index contributed by atoms with van der Waals surface area (Å²) in [7, 11) is -3.43. The lowest BCUT2D eigenvalue weighted by molar-refractivity contribution is 0.557. The van der Waals surface area contributed by atoms with Crippen LogP contribution in [0.15, 0.2) is 23.2 Å². The lowest BCUT2D eigenvalue weighted by atomic mass is 10.4. The molecular formula is C12H19N3O2S. The van der Waals surface area contributed by atoms with Crippen LogP contribution in [0, 0.1) is 0 Å². The van der Waals surface area contributed by atoms with E-state index in [9.17, 15) is 8.42 Å². The van der Waals surface area contributed by atoms with Crippen LogP contribution in [0.2, 0.25) is 0 Å². The molecule has 5 nitrogen and oxygen atoms in total. The highest BCUT2D eigenvalue weighted by Gasteiger charge is 2.41. The van der Waals surface area contributed by atoms with Crippen molar-refractivity contribution in [3.8, 4) is 0 Å². The number of nitrogens with zero attached hydrogens (tertiary/aromatic N) is 1. The van der Waals surface area contributed by atoms with Crippen LogP contribution in [-0.4, -0.2) is 25.5 Å². The van der Waals surface area contributed by atoms with Gasteiger partial charge in [-0.2, -0.15) is 0 Å². The third kappa shape index (κ3) is 3.20. The molecule has 1 heterocycles. The molecule has 2 N–H and O–H groups in total. The molecule has 0 unspecified atom stereocenters. The van der Waals surface area contributed by atoms with Crippen molar-refractivity contribution >= 4 is 15.8 Å². The Bertz CT molecular complexity index is 507. The van der Waals surface area contributed by atoms with Gasteiger partial charge in [-0.15, -0.1) is 0 Å². The highest BCUT2D eigenvalue weighted by atomic mass is 32.2. The van der Waals surface area contributed by atoms with Gasteiger partial charge in [-0.25, -0.2) is 18.1 Å². The first-order chi connectivity index (χ1) is 8.45. The van der Waals surface area contributed by atoms with Crippen LogP contribution in [0.3, 0.4) is 0 Å². The number of rotatable bonds is 6. The molecule has 6 heteroatoms. The minimum atomic E-state index is -3.43. The molecule has 2 rings (SSSR count). The predicted octanol–water partition coefficient (Wildman–Crippen LogP) is 1.73. The Morgan fingerprint density at radius 3 is 2.61 bits per heavy atom. The lowest BCUT2D eigenvalue weighted by Gasteiger charge is -2.12. The number of pyridine rings is 1. The van der Waals surface area contributed by atoms with Crippen LogP contribution in [-0.2, 0) is 10.0 Å². The molecule has 0 spiro atoms. The fraction of sp³-hybridized carbons (Fsp3) is 0.583. The summed E-state index contributed by atoms with van der Waals surface area (Å²) >= 11 is 0. The summed E-state index contributed by atoms with van der Waals surface area (Å²) in [6.45, 7) is 4.80. The van der Waals surface area contributed by atoms with Gasteiger partial charge in [-0.1, -0.05) is 6.92 Å². The van der Waals surface area contributed by atoms with Crippen LogP contribution >= 0.6 is 0 Å².